The molecule has 0 atom stereocenters. The lowest BCUT2D eigenvalue weighted by atomic mass is 9.90. The predicted molar refractivity (Wildman–Crippen MR) is 85.4 cm³/mol. The maximum absolute atomic E-state index is 12.3. The Kier molecular flexibility index (Phi) is 4.01. The molecule has 5 heteroatoms. The average Bonchev–Trinajstić information content (AvgIpc) is 2.78. The van der Waals surface area contributed by atoms with Crippen LogP contribution in [0.4, 0.5) is 5.69 Å². The zero-order chi connectivity index (χ0) is 14.1. The van der Waals surface area contributed by atoms with E-state index in [1.165, 1.54) is 35.3 Å². The van der Waals surface area contributed by atoms with Crippen molar-refractivity contribution in [3.63, 3.8) is 0 Å². The third kappa shape index (κ3) is 2.71. The molecule has 1 N–H and O–H groups in total. The van der Waals surface area contributed by atoms with E-state index < -0.39 is 0 Å². The Labute approximate surface area is 131 Å². The Hall–Kier alpha value is -1.03. The first kappa shape index (κ1) is 13.9. The van der Waals surface area contributed by atoms with Gasteiger partial charge in [0.15, 0.2) is 0 Å². The number of anilines is 1. The van der Waals surface area contributed by atoms with Crippen molar-refractivity contribution < 1.29 is 4.79 Å². The van der Waals surface area contributed by atoms with E-state index in [0.717, 1.165) is 18.5 Å². The third-order valence-corrected chi connectivity index (χ3v) is 5.03. The summed E-state index contributed by atoms with van der Waals surface area (Å²) >= 11 is 13.1. The molecule has 0 aliphatic heterocycles. The predicted octanol–water partition coefficient (Wildman–Crippen LogP) is 5.19. The monoisotopic (exact) mass is 325 g/mol. The van der Waals surface area contributed by atoms with Gasteiger partial charge in [-0.3, -0.25) is 4.79 Å². The van der Waals surface area contributed by atoms with E-state index in [4.69, 9.17) is 23.2 Å². The second-order valence-electron chi connectivity index (χ2n) is 4.84. The molecule has 0 bridgehead atoms. The van der Waals surface area contributed by atoms with Gasteiger partial charge in [0.05, 0.1) is 9.90 Å². The summed E-state index contributed by atoms with van der Waals surface area (Å²) in [5.74, 6) is -0.197. The Morgan fingerprint density at radius 3 is 2.75 bits per heavy atom. The summed E-state index contributed by atoms with van der Waals surface area (Å²) in [7, 11) is 0. The second kappa shape index (κ2) is 5.76. The SMILES string of the molecule is O=C(Nc1cccc2c1CCCC2)c1cc(Cl)sc1Cl. The van der Waals surface area contributed by atoms with Gasteiger partial charge in [-0.15, -0.1) is 11.3 Å². The van der Waals surface area contributed by atoms with Crippen LogP contribution in [0.5, 0.6) is 0 Å². The largest absolute Gasteiger partial charge is 0.322 e. The van der Waals surface area contributed by atoms with Crippen molar-refractivity contribution in [3.8, 4) is 0 Å². The molecule has 2 nitrogen and oxygen atoms in total. The van der Waals surface area contributed by atoms with Gasteiger partial charge in [0.25, 0.3) is 5.91 Å². The van der Waals surface area contributed by atoms with Crippen LogP contribution in [0.25, 0.3) is 0 Å². The van der Waals surface area contributed by atoms with Crippen LogP contribution in [0.1, 0.15) is 34.3 Å². The Morgan fingerprint density at radius 2 is 2.00 bits per heavy atom. The molecule has 1 heterocycles. The van der Waals surface area contributed by atoms with Crippen molar-refractivity contribution in [2.75, 3.05) is 5.32 Å². The molecular weight excluding hydrogens is 313 g/mol. The van der Waals surface area contributed by atoms with Gasteiger partial charge >= 0.3 is 0 Å². The van der Waals surface area contributed by atoms with Crippen LogP contribution in [-0.4, -0.2) is 5.91 Å². The number of aryl methyl sites for hydroxylation is 1. The normalized spacial score (nSPS) is 13.9. The van der Waals surface area contributed by atoms with E-state index in [9.17, 15) is 4.79 Å². The van der Waals surface area contributed by atoms with Crippen LogP contribution in [0.15, 0.2) is 24.3 Å². The van der Waals surface area contributed by atoms with Crippen molar-refractivity contribution in [2.24, 2.45) is 0 Å². The molecule has 20 heavy (non-hydrogen) atoms. The quantitative estimate of drug-likeness (QED) is 0.809. The minimum absolute atomic E-state index is 0.197. The molecule has 2 aromatic rings. The summed E-state index contributed by atoms with van der Waals surface area (Å²) < 4.78 is 0.951. The average molecular weight is 326 g/mol. The molecule has 0 spiro atoms. The summed E-state index contributed by atoms with van der Waals surface area (Å²) in [5, 5.41) is 2.97. The van der Waals surface area contributed by atoms with Gasteiger partial charge in [-0.25, -0.2) is 0 Å². The summed E-state index contributed by atoms with van der Waals surface area (Å²) in [6, 6.07) is 7.68. The molecular formula is C15H13Cl2NOS. The van der Waals surface area contributed by atoms with E-state index in [1.807, 2.05) is 12.1 Å². The molecule has 0 saturated heterocycles. The number of thiophene rings is 1. The van der Waals surface area contributed by atoms with Gasteiger partial charge in [0.2, 0.25) is 0 Å². The zero-order valence-electron chi connectivity index (χ0n) is 10.7. The lowest BCUT2D eigenvalue weighted by Crippen LogP contribution is -2.15. The molecule has 0 unspecified atom stereocenters. The Bertz CT molecular complexity index is 666. The number of benzene rings is 1. The minimum Gasteiger partial charge on any atom is -0.322 e. The van der Waals surface area contributed by atoms with E-state index >= 15 is 0 Å². The van der Waals surface area contributed by atoms with Gasteiger partial charge < -0.3 is 5.32 Å². The molecule has 0 radical (unpaired) electrons. The molecule has 104 valence electrons. The maximum Gasteiger partial charge on any atom is 0.258 e. The minimum atomic E-state index is -0.197. The van der Waals surface area contributed by atoms with Gasteiger partial charge in [0.1, 0.15) is 4.34 Å². The molecule has 1 aliphatic rings. The standard InChI is InChI=1S/C15H13Cl2NOS/c16-13-8-11(14(17)20-13)15(19)18-12-7-3-5-9-4-1-2-6-10(9)12/h3,5,7-8H,1-2,4,6H2,(H,18,19). The van der Waals surface area contributed by atoms with Gasteiger partial charge in [-0.1, -0.05) is 35.3 Å². The number of hydrogen-bond acceptors (Lipinski definition) is 2. The van der Waals surface area contributed by atoms with Crippen LogP contribution in [-0.2, 0) is 12.8 Å². The Morgan fingerprint density at radius 1 is 1.20 bits per heavy atom. The zero-order valence-corrected chi connectivity index (χ0v) is 13.0. The van der Waals surface area contributed by atoms with Crippen LogP contribution >= 0.6 is 34.5 Å². The van der Waals surface area contributed by atoms with Crippen molar-refractivity contribution in [2.45, 2.75) is 25.7 Å². The van der Waals surface area contributed by atoms with Crippen molar-refractivity contribution in [1.29, 1.82) is 0 Å². The molecule has 0 fully saturated rings. The van der Waals surface area contributed by atoms with E-state index in [-0.39, 0.29) is 5.91 Å². The fraction of sp³-hybridized carbons (Fsp3) is 0.267. The highest BCUT2D eigenvalue weighted by Crippen LogP contribution is 2.33. The van der Waals surface area contributed by atoms with Crippen molar-refractivity contribution in [3.05, 3.63) is 49.6 Å². The first-order valence-corrected chi connectivity index (χ1v) is 8.09. The van der Waals surface area contributed by atoms with E-state index in [2.05, 4.69) is 11.4 Å². The summed E-state index contributed by atoms with van der Waals surface area (Å²) in [6.45, 7) is 0. The number of amides is 1. The topological polar surface area (TPSA) is 29.1 Å². The summed E-state index contributed by atoms with van der Waals surface area (Å²) in [4.78, 5) is 12.3. The fourth-order valence-corrected chi connectivity index (χ4v) is 4.04. The number of hydrogen-bond donors (Lipinski definition) is 1. The van der Waals surface area contributed by atoms with Crippen LogP contribution < -0.4 is 5.32 Å². The van der Waals surface area contributed by atoms with Crippen LogP contribution in [0.3, 0.4) is 0 Å². The number of rotatable bonds is 2. The van der Waals surface area contributed by atoms with Crippen molar-refractivity contribution >= 4 is 46.1 Å². The van der Waals surface area contributed by atoms with Crippen LogP contribution in [0, 0.1) is 0 Å². The maximum atomic E-state index is 12.3. The third-order valence-electron chi connectivity index (χ3n) is 3.55. The number of carbonyl (C=O) groups excluding carboxylic acids is 1. The first-order valence-electron chi connectivity index (χ1n) is 6.52. The second-order valence-corrected chi connectivity index (χ2v) is 7.13. The van der Waals surface area contributed by atoms with Gasteiger partial charge in [-0.05, 0) is 48.9 Å². The lowest BCUT2D eigenvalue weighted by Gasteiger charge is -2.19. The number of nitrogens with one attached hydrogen (secondary N) is 1. The van der Waals surface area contributed by atoms with Gasteiger partial charge in [0, 0.05) is 5.69 Å². The highest BCUT2D eigenvalue weighted by Gasteiger charge is 2.18. The number of carbonyl (C=O) groups is 1. The summed E-state index contributed by atoms with van der Waals surface area (Å²) in [5.41, 5.74) is 3.92. The smallest absolute Gasteiger partial charge is 0.258 e. The first-order chi connectivity index (χ1) is 9.65. The molecule has 3 rings (SSSR count). The fourth-order valence-electron chi connectivity index (χ4n) is 2.58. The van der Waals surface area contributed by atoms with Crippen LogP contribution in [0.2, 0.25) is 8.67 Å². The molecule has 1 amide bonds. The highest BCUT2D eigenvalue weighted by atomic mass is 35.5. The van der Waals surface area contributed by atoms with E-state index in [1.54, 1.807) is 6.07 Å². The molecule has 0 saturated carbocycles. The highest BCUT2D eigenvalue weighted by molar-refractivity contribution is 7.20. The molecule has 1 aliphatic carbocycles. The number of halogens is 2. The number of fused-ring (bicyclic) bond motifs is 1. The Balaban J connectivity index is 1.88. The van der Waals surface area contributed by atoms with E-state index in [0.29, 0.717) is 14.2 Å². The van der Waals surface area contributed by atoms with Crippen molar-refractivity contribution in [1.82, 2.24) is 0 Å². The molecule has 1 aromatic carbocycles. The van der Waals surface area contributed by atoms with Gasteiger partial charge in [-0.2, -0.15) is 0 Å². The lowest BCUT2D eigenvalue weighted by molar-refractivity contribution is 0.102. The summed E-state index contributed by atoms with van der Waals surface area (Å²) in [6.07, 6.45) is 4.50. The molecule has 1 aromatic heterocycles.